The number of benzene rings is 1. The summed E-state index contributed by atoms with van der Waals surface area (Å²) in [4.78, 5) is 0. The largest absolute Gasteiger partial charge is 0.460 e. The summed E-state index contributed by atoms with van der Waals surface area (Å²) in [7, 11) is 0. The van der Waals surface area contributed by atoms with Crippen molar-refractivity contribution in [2.24, 2.45) is 0 Å². The lowest BCUT2D eigenvalue weighted by Crippen LogP contribution is -2.52. The zero-order valence-electron chi connectivity index (χ0n) is 9.70. The van der Waals surface area contributed by atoms with Gasteiger partial charge in [0.2, 0.25) is 5.83 Å². The van der Waals surface area contributed by atoms with Crippen molar-refractivity contribution in [2.75, 3.05) is 0 Å². The summed E-state index contributed by atoms with van der Waals surface area (Å²) in [6.07, 6.45) is -6.78. The Labute approximate surface area is 111 Å². The molecule has 1 aromatic carbocycles. The molecule has 0 saturated heterocycles. The predicted molar refractivity (Wildman–Crippen MR) is 52.3 cm³/mol. The first-order valence-corrected chi connectivity index (χ1v) is 5.02. The number of halogens is 9. The van der Waals surface area contributed by atoms with Gasteiger partial charge in [0.05, 0.1) is 0 Å². The zero-order chi connectivity index (χ0) is 16.5. The maximum Gasteiger partial charge on any atom is 0.460 e. The fraction of sp³-hybridized carbons (Fsp3) is 0.273. The molecule has 118 valence electrons. The van der Waals surface area contributed by atoms with Crippen molar-refractivity contribution in [3.05, 3.63) is 42.2 Å². The average molecular weight is 324 g/mol. The molecule has 0 unspecified atom stereocenters. The Balaban J connectivity index is 3.14. The number of ether oxygens (including phenoxy) is 1. The van der Waals surface area contributed by atoms with E-state index >= 15 is 0 Å². The highest BCUT2D eigenvalue weighted by Gasteiger charge is 2.76. The molecule has 1 aromatic rings. The van der Waals surface area contributed by atoms with Crippen LogP contribution in [0.25, 0.3) is 0 Å². The minimum absolute atomic E-state index is 0.573. The quantitative estimate of drug-likeness (QED) is 0.559. The summed E-state index contributed by atoms with van der Waals surface area (Å²) in [5, 5.41) is 0. The van der Waals surface area contributed by atoms with Gasteiger partial charge in [-0.25, -0.2) is 0 Å². The van der Waals surface area contributed by atoms with Crippen molar-refractivity contribution in [3.8, 4) is 5.75 Å². The molecule has 0 saturated carbocycles. The Kier molecular flexibility index (Phi) is 4.49. The summed E-state index contributed by atoms with van der Waals surface area (Å²) in [6, 6.07) is 2.75. The number of hydrogen-bond acceptors (Lipinski definition) is 1. The third kappa shape index (κ3) is 3.24. The molecule has 0 radical (unpaired) electrons. The van der Waals surface area contributed by atoms with Gasteiger partial charge in [-0.2, -0.15) is 39.5 Å². The van der Waals surface area contributed by atoms with Crippen LogP contribution in [0.2, 0.25) is 0 Å². The van der Waals surface area contributed by atoms with E-state index in [9.17, 15) is 39.5 Å². The maximum atomic E-state index is 13.0. The predicted octanol–water partition coefficient (Wildman–Crippen LogP) is 5.01. The number of alkyl halides is 7. The van der Waals surface area contributed by atoms with Gasteiger partial charge < -0.3 is 4.74 Å². The Morgan fingerprint density at radius 2 is 1.29 bits per heavy atom. The van der Waals surface area contributed by atoms with Crippen LogP contribution in [-0.4, -0.2) is 18.0 Å². The summed E-state index contributed by atoms with van der Waals surface area (Å²) in [6.45, 7) is 0. The second kappa shape index (κ2) is 5.49. The molecule has 0 fully saturated rings. The van der Waals surface area contributed by atoms with Gasteiger partial charge in [0, 0.05) is 0 Å². The maximum absolute atomic E-state index is 13.0. The Hall–Kier alpha value is -1.87. The molecule has 1 nitrogen and oxygen atoms in total. The van der Waals surface area contributed by atoms with E-state index in [-0.39, 0.29) is 0 Å². The molecular formula is C11H5F9O. The van der Waals surface area contributed by atoms with Crippen molar-refractivity contribution in [1.82, 2.24) is 0 Å². The fourth-order valence-electron chi connectivity index (χ4n) is 1.08. The molecule has 0 aliphatic heterocycles. The van der Waals surface area contributed by atoms with Gasteiger partial charge in [0.1, 0.15) is 5.75 Å². The number of allylic oxidation sites excluding steroid dienone is 1. The monoisotopic (exact) mass is 324 g/mol. The first-order valence-electron chi connectivity index (χ1n) is 5.02. The summed E-state index contributed by atoms with van der Waals surface area (Å²) in [5.74, 6) is -17.5. The lowest BCUT2D eigenvalue weighted by molar-refractivity contribution is -0.348. The third-order valence-corrected chi connectivity index (χ3v) is 2.15. The first kappa shape index (κ1) is 17.2. The molecular weight excluding hydrogens is 319 g/mol. The smallest absolute Gasteiger partial charge is 0.430 e. The molecule has 0 aliphatic rings. The van der Waals surface area contributed by atoms with Crippen LogP contribution in [-0.2, 0) is 0 Å². The van der Waals surface area contributed by atoms with Crippen LogP contribution >= 0.6 is 0 Å². The van der Waals surface area contributed by atoms with Gasteiger partial charge >= 0.3 is 24.0 Å². The van der Waals surface area contributed by atoms with E-state index in [1.165, 1.54) is 18.2 Å². The molecule has 0 atom stereocenters. The molecule has 1 rings (SSSR count). The van der Waals surface area contributed by atoms with Crippen LogP contribution in [0.4, 0.5) is 39.5 Å². The highest BCUT2D eigenvalue weighted by molar-refractivity contribution is 5.24. The van der Waals surface area contributed by atoms with E-state index in [0.29, 0.717) is 0 Å². The summed E-state index contributed by atoms with van der Waals surface area (Å²) in [5.41, 5.74) is 0. The van der Waals surface area contributed by atoms with Crippen molar-refractivity contribution >= 4 is 0 Å². The molecule has 0 amide bonds. The van der Waals surface area contributed by atoms with Gasteiger partial charge in [-0.05, 0) is 12.1 Å². The second-order valence-electron chi connectivity index (χ2n) is 3.65. The topological polar surface area (TPSA) is 9.23 Å². The van der Waals surface area contributed by atoms with E-state index in [2.05, 4.69) is 4.74 Å². The van der Waals surface area contributed by atoms with E-state index in [0.717, 1.165) is 12.1 Å². The van der Waals surface area contributed by atoms with E-state index in [1.54, 1.807) is 0 Å². The second-order valence-corrected chi connectivity index (χ2v) is 3.65. The summed E-state index contributed by atoms with van der Waals surface area (Å²) >= 11 is 0. The SMILES string of the molecule is F/C(Oc1ccccc1)=C(/F)C(F)(F)C(F)(F)C(F)(F)F. The third-order valence-electron chi connectivity index (χ3n) is 2.15. The molecule has 10 heteroatoms. The first-order chi connectivity index (χ1) is 9.41. The highest BCUT2D eigenvalue weighted by Crippen LogP contribution is 2.50. The van der Waals surface area contributed by atoms with E-state index < -0.39 is 35.6 Å². The Morgan fingerprint density at radius 3 is 1.71 bits per heavy atom. The molecule has 0 bridgehead atoms. The van der Waals surface area contributed by atoms with Crippen LogP contribution in [0.15, 0.2) is 42.2 Å². The van der Waals surface area contributed by atoms with Crippen LogP contribution in [0.3, 0.4) is 0 Å². The van der Waals surface area contributed by atoms with Crippen LogP contribution in [0.5, 0.6) is 5.75 Å². The lowest BCUT2D eigenvalue weighted by atomic mass is 10.1. The van der Waals surface area contributed by atoms with Gasteiger partial charge in [-0.3, -0.25) is 0 Å². The highest BCUT2D eigenvalue weighted by atomic mass is 19.4. The van der Waals surface area contributed by atoms with Crippen molar-refractivity contribution in [3.63, 3.8) is 0 Å². The normalized spacial score (nSPS) is 14.7. The minimum atomic E-state index is -6.80. The van der Waals surface area contributed by atoms with Crippen molar-refractivity contribution in [1.29, 1.82) is 0 Å². The van der Waals surface area contributed by atoms with E-state index in [1.807, 2.05) is 0 Å². The van der Waals surface area contributed by atoms with Gasteiger partial charge in [-0.15, -0.1) is 0 Å². The molecule has 0 N–H and O–H groups in total. The molecule has 0 spiro atoms. The zero-order valence-corrected chi connectivity index (χ0v) is 9.70. The molecule has 21 heavy (non-hydrogen) atoms. The molecule has 0 heterocycles. The standard InChI is InChI=1S/C11H5F9O/c12-7(8(13)21-6-4-2-1-3-5-6)9(14,15)10(16,17)11(18,19)20/h1-5H/b8-7-. The average Bonchev–Trinajstić information content (AvgIpc) is 2.37. The molecule has 0 aliphatic carbocycles. The lowest BCUT2D eigenvalue weighted by Gasteiger charge is -2.26. The van der Waals surface area contributed by atoms with Gasteiger partial charge in [0.15, 0.2) is 0 Å². The Morgan fingerprint density at radius 1 is 0.810 bits per heavy atom. The molecule has 0 aromatic heterocycles. The minimum Gasteiger partial charge on any atom is -0.430 e. The number of hydrogen-bond donors (Lipinski definition) is 0. The number of para-hydroxylation sites is 1. The number of rotatable bonds is 4. The van der Waals surface area contributed by atoms with E-state index in [4.69, 9.17) is 0 Å². The van der Waals surface area contributed by atoms with Crippen molar-refractivity contribution < 1.29 is 44.3 Å². The van der Waals surface area contributed by atoms with Crippen LogP contribution in [0.1, 0.15) is 0 Å². The van der Waals surface area contributed by atoms with Gasteiger partial charge in [-0.1, -0.05) is 18.2 Å². The van der Waals surface area contributed by atoms with Crippen molar-refractivity contribution in [2.45, 2.75) is 18.0 Å². The van der Waals surface area contributed by atoms with Crippen LogP contribution < -0.4 is 4.74 Å². The Bertz CT molecular complexity index is 518. The van der Waals surface area contributed by atoms with Gasteiger partial charge in [0.25, 0.3) is 0 Å². The summed E-state index contributed by atoms with van der Waals surface area (Å²) < 4.78 is 116. The fourth-order valence-corrected chi connectivity index (χ4v) is 1.08. The van der Waals surface area contributed by atoms with Crippen LogP contribution in [0, 0.1) is 0 Å².